The highest BCUT2D eigenvalue weighted by Gasteiger charge is 2.52. The zero-order valence-electron chi connectivity index (χ0n) is 20.4. The van der Waals surface area contributed by atoms with Crippen LogP contribution in [0.1, 0.15) is 44.4 Å². The highest BCUT2D eigenvalue weighted by atomic mass is 16.7. The fourth-order valence-electron chi connectivity index (χ4n) is 3.39. The van der Waals surface area contributed by atoms with Gasteiger partial charge in [0, 0.05) is 6.54 Å². The van der Waals surface area contributed by atoms with Gasteiger partial charge in [0.1, 0.15) is 6.61 Å². The van der Waals surface area contributed by atoms with E-state index in [4.69, 9.17) is 18.8 Å². The molecule has 1 amide bonds. The Labute approximate surface area is 201 Å². The molecule has 8 heteroatoms. The number of nitrogens with one attached hydrogen (secondary N) is 1. The molecule has 1 aliphatic rings. The van der Waals surface area contributed by atoms with Crippen LogP contribution in [0.3, 0.4) is 0 Å². The van der Waals surface area contributed by atoms with Gasteiger partial charge < -0.3 is 24.1 Å². The molecule has 1 heterocycles. The molecule has 2 aromatic rings. The van der Waals surface area contributed by atoms with Crippen LogP contribution in [0.2, 0.25) is 0 Å². The minimum absolute atomic E-state index is 0.172. The number of carbonyl (C=O) groups excluding carboxylic acids is 2. The number of ether oxygens (including phenoxy) is 2. The molecule has 0 aliphatic carbocycles. The van der Waals surface area contributed by atoms with Crippen LogP contribution in [0.25, 0.3) is 6.08 Å². The summed E-state index contributed by atoms with van der Waals surface area (Å²) in [7, 11) is 0.717. The Morgan fingerprint density at radius 2 is 1.62 bits per heavy atom. The second-order valence-corrected chi connectivity index (χ2v) is 9.22. The van der Waals surface area contributed by atoms with Crippen molar-refractivity contribution in [2.24, 2.45) is 0 Å². The Morgan fingerprint density at radius 1 is 0.971 bits per heavy atom. The first-order chi connectivity index (χ1) is 16.1. The van der Waals surface area contributed by atoms with Crippen molar-refractivity contribution in [1.82, 2.24) is 5.32 Å². The van der Waals surface area contributed by atoms with E-state index in [0.717, 1.165) is 22.2 Å². The van der Waals surface area contributed by atoms with Crippen molar-refractivity contribution < 1.29 is 28.4 Å². The summed E-state index contributed by atoms with van der Waals surface area (Å²) >= 11 is 0. The lowest BCUT2D eigenvalue weighted by atomic mass is 9.77. The molecule has 1 saturated heterocycles. The minimum atomic E-state index is -0.649. The van der Waals surface area contributed by atoms with Crippen LogP contribution in [0.15, 0.2) is 60.1 Å². The van der Waals surface area contributed by atoms with E-state index < -0.39 is 24.4 Å². The number of alkyl carbamates (subject to hydrolysis) is 1. The number of benzene rings is 2. The smallest absolute Gasteiger partial charge is 0.469 e. The summed E-state index contributed by atoms with van der Waals surface area (Å²) in [6.45, 7) is 8.25. The third-order valence-electron chi connectivity index (χ3n) is 6.08. The summed E-state index contributed by atoms with van der Waals surface area (Å²) in [5.41, 5.74) is 2.25. The molecular weight excluding hydrogens is 433 g/mol. The third kappa shape index (κ3) is 6.71. The van der Waals surface area contributed by atoms with E-state index in [-0.39, 0.29) is 25.5 Å². The van der Waals surface area contributed by atoms with Crippen molar-refractivity contribution in [1.29, 1.82) is 0 Å². The summed E-state index contributed by atoms with van der Waals surface area (Å²) in [6, 6.07) is 17.0. The lowest BCUT2D eigenvalue weighted by molar-refractivity contribution is -0.139. The predicted molar refractivity (Wildman–Crippen MR) is 131 cm³/mol. The van der Waals surface area contributed by atoms with Gasteiger partial charge in [0.15, 0.2) is 0 Å². The Hall–Kier alpha value is -3.10. The van der Waals surface area contributed by atoms with E-state index in [1.54, 1.807) is 0 Å². The zero-order chi connectivity index (χ0) is 24.8. The maximum atomic E-state index is 12.4. The van der Waals surface area contributed by atoms with Gasteiger partial charge in [-0.15, -0.1) is 0 Å². The SMILES string of the molecule is COC(=O)Cc1cccc(C=C(CNC(=O)OCc2ccccc2)B2OC(C)(C)C(C)(C)O2)c1. The summed E-state index contributed by atoms with van der Waals surface area (Å²) < 4.78 is 22.5. The van der Waals surface area contributed by atoms with Crippen molar-refractivity contribution in [3.63, 3.8) is 0 Å². The number of carbonyl (C=O) groups is 2. The molecule has 0 saturated carbocycles. The molecule has 0 atom stereocenters. The van der Waals surface area contributed by atoms with Gasteiger partial charge in [0.25, 0.3) is 0 Å². The van der Waals surface area contributed by atoms with Crippen LogP contribution in [0.5, 0.6) is 0 Å². The first-order valence-electron chi connectivity index (χ1n) is 11.3. The number of rotatable bonds is 8. The first-order valence-corrected chi connectivity index (χ1v) is 11.3. The Bertz CT molecular complexity index is 1020. The second-order valence-electron chi connectivity index (χ2n) is 9.22. The molecule has 0 spiro atoms. The van der Waals surface area contributed by atoms with E-state index >= 15 is 0 Å². The zero-order valence-corrected chi connectivity index (χ0v) is 20.4. The molecule has 1 fully saturated rings. The molecular formula is C26H32BNO6. The van der Waals surface area contributed by atoms with Gasteiger partial charge in [-0.3, -0.25) is 4.79 Å². The monoisotopic (exact) mass is 465 g/mol. The van der Waals surface area contributed by atoms with E-state index in [2.05, 4.69) is 5.32 Å². The summed E-state index contributed by atoms with van der Waals surface area (Å²) in [4.78, 5) is 24.0. The molecule has 0 unspecified atom stereocenters. The van der Waals surface area contributed by atoms with Crippen molar-refractivity contribution >= 4 is 25.3 Å². The van der Waals surface area contributed by atoms with Gasteiger partial charge >= 0.3 is 19.2 Å². The lowest BCUT2D eigenvalue weighted by Gasteiger charge is -2.32. The fraction of sp³-hybridized carbons (Fsp3) is 0.385. The first kappa shape index (κ1) is 25.5. The fourth-order valence-corrected chi connectivity index (χ4v) is 3.39. The largest absolute Gasteiger partial charge is 0.492 e. The van der Waals surface area contributed by atoms with E-state index in [1.165, 1.54) is 7.11 Å². The number of amides is 1. The maximum Gasteiger partial charge on any atom is 0.492 e. The van der Waals surface area contributed by atoms with Crippen LogP contribution in [0.4, 0.5) is 4.79 Å². The standard InChI is InChI=1S/C26H32BNO6/c1-25(2)26(3,4)34-27(33-25)22(15-20-12-9-13-21(14-20)16-23(29)31-5)17-28-24(30)32-18-19-10-7-6-8-11-19/h6-15H,16-18H2,1-5H3,(H,28,30). The lowest BCUT2D eigenvalue weighted by Crippen LogP contribution is -2.41. The normalized spacial score (nSPS) is 16.7. The van der Waals surface area contributed by atoms with E-state index in [9.17, 15) is 9.59 Å². The topological polar surface area (TPSA) is 83.1 Å². The quantitative estimate of drug-likeness (QED) is 0.461. The summed E-state index contributed by atoms with van der Waals surface area (Å²) in [6.07, 6.45) is 1.54. The van der Waals surface area contributed by atoms with Crippen LogP contribution in [0, 0.1) is 0 Å². The highest BCUT2D eigenvalue weighted by Crippen LogP contribution is 2.38. The molecule has 1 aliphatic heterocycles. The second kappa shape index (κ2) is 10.9. The Balaban J connectivity index is 1.75. The summed E-state index contributed by atoms with van der Waals surface area (Å²) in [5.74, 6) is -0.310. The molecule has 180 valence electrons. The van der Waals surface area contributed by atoms with Gasteiger partial charge in [0.2, 0.25) is 0 Å². The number of methoxy groups -OCH3 is 1. The van der Waals surface area contributed by atoms with Gasteiger partial charge in [0.05, 0.1) is 24.7 Å². The maximum absolute atomic E-state index is 12.4. The number of hydrogen-bond acceptors (Lipinski definition) is 6. The predicted octanol–water partition coefficient (Wildman–Crippen LogP) is 4.34. The molecule has 7 nitrogen and oxygen atoms in total. The third-order valence-corrected chi connectivity index (χ3v) is 6.08. The molecule has 1 N–H and O–H groups in total. The van der Waals surface area contributed by atoms with Crippen LogP contribution in [-0.2, 0) is 36.6 Å². The molecule has 2 aromatic carbocycles. The minimum Gasteiger partial charge on any atom is -0.469 e. The van der Waals surface area contributed by atoms with Crippen molar-refractivity contribution in [3.05, 3.63) is 76.8 Å². The molecule has 3 rings (SSSR count). The Morgan fingerprint density at radius 3 is 2.26 bits per heavy atom. The van der Waals surface area contributed by atoms with Gasteiger partial charge in [-0.1, -0.05) is 60.7 Å². The van der Waals surface area contributed by atoms with Crippen molar-refractivity contribution in [3.8, 4) is 0 Å². The average molecular weight is 465 g/mol. The van der Waals surface area contributed by atoms with Crippen molar-refractivity contribution in [2.45, 2.75) is 51.9 Å². The Kier molecular flexibility index (Phi) is 8.17. The molecule has 0 radical (unpaired) electrons. The molecule has 0 aromatic heterocycles. The van der Waals surface area contributed by atoms with Crippen LogP contribution in [-0.4, -0.2) is 44.0 Å². The van der Waals surface area contributed by atoms with E-state index in [0.29, 0.717) is 0 Å². The summed E-state index contributed by atoms with van der Waals surface area (Å²) in [5, 5.41) is 2.80. The van der Waals surface area contributed by atoms with Gasteiger partial charge in [-0.25, -0.2) is 4.79 Å². The van der Waals surface area contributed by atoms with E-state index in [1.807, 2.05) is 88.4 Å². The van der Waals surface area contributed by atoms with Crippen LogP contribution < -0.4 is 5.32 Å². The van der Waals surface area contributed by atoms with Crippen molar-refractivity contribution in [2.75, 3.05) is 13.7 Å². The molecule has 34 heavy (non-hydrogen) atoms. The highest BCUT2D eigenvalue weighted by molar-refractivity contribution is 6.56. The van der Waals surface area contributed by atoms with Gasteiger partial charge in [-0.2, -0.15) is 0 Å². The molecule has 0 bridgehead atoms. The van der Waals surface area contributed by atoms with Gasteiger partial charge in [-0.05, 0) is 49.9 Å². The van der Waals surface area contributed by atoms with Crippen LogP contribution >= 0.6 is 0 Å². The number of hydrogen-bond donors (Lipinski definition) is 1. The average Bonchev–Trinajstić information content (AvgIpc) is 3.02. The number of esters is 1.